The summed E-state index contributed by atoms with van der Waals surface area (Å²) in [4.78, 5) is 9.05. The second-order valence-electron chi connectivity index (χ2n) is 7.71. The van der Waals surface area contributed by atoms with E-state index in [1.54, 1.807) is 0 Å². The summed E-state index contributed by atoms with van der Waals surface area (Å²) in [5.74, 6) is 1.57. The predicted molar refractivity (Wildman–Crippen MR) is 120 cm³/mol. The van der Waals surface area contributed by atoms with E-state index in [0.717, 1.165) is 38.6 Å². The quantitative estimate of drug-likeness (QED) is 0.375. The molecule has 0 amide bonds. The fraction of sp³-hybridized carbons (Fsp3) is 0.650. The van der Waals surface area contributed by atoms with Crippen molar-refractivity contribution in [3.05, 3.63) is 35.9 Å². The first-order valence-corrected chi connectivity index (χ1v) is 9.17. The van der Waals surface area contributed by atoms with Gasteiger partial charge in [0.2, 0.25) is 0 Å². The van der Waals surface area contributed by atoms with Crippen molar-refractivity contribution < 1.29 is 4.74 Å². The number of hydrogen-bond donors (Lipinski definition) is 1. The SMILES string of the molecule is CN=C(NCC(C)(C)N(C)C)N1CCC(COCc2ccccc2)C1.I. The van der Waals surface area contributed by atoms with E-state index in [0.29, 0.717) is 12.5 Å². The van der Waals surface area contributed by atoms with Gasteiger partial charge in [0, 0.05) is 38.1 Å². The van der Waals surface area contributed by atoms with Crippen molar-refractivity contribution in [3.8, 4) is 0 Å². The molecular weight excluding hydrogens is 439 g/mol. The molecule has 1 aliphatic rings. The van der Waals surface area contributed by atoms with Crippen molar-refractivity contribution in [2.24, 2.45) is 10.9 Å². The molecule has 1 heterocycles. The molecule has 1 N–H and O–H groups in total. The van der Waals surface area contributed by atoms with Crippen LogP contribution in [-0.2, 0) is 11.3 Å². The van der Waals surface area contributed by atoms with Gasteiger partial charge < -0.3 is 19.9 Å². The zero-order valence-electron chi connectivity index (χ0n) is 16.9. The van der Waals surface area contributed by atoms with Gasteiger partial charge in [0.15, 0.2) is 5.96 Å². The van der Waals surface area contributed by atoms with Crippen LogP contribution >= 0.6 is 24.0 Å². The summed E-state index contributed by atoms with van der Waals surface area (Å²) in [7, 11) is 6.09. The van der Waals surface area contributed by atoms with Gasteiger partial charge in [0.05, 0.1) is 13.2 Å². The Hall–Kier alpha value is -0.860. The summed E-state index contributed by atoms with van der Waals surface area (Å²) in [6.45, 7) is 8.90. The zero-order chi connectivity index (χ0) is 18.3. The Morgan fingerprint density at radius 2 is 2.00 bits per heavy atom. The van der Waals surface area contributed by atoms with E-state index < -0.39 is 0 Å². The van der Waals surface area contributed by atoms with Gasteiger partial charge in [-0.1, -0.05) is 30.3 Å². The highest BCUT2D eigenvalue weighted by Crippen LogP contribution is 2.18. The van der Waals surface area contributed by atoms with E-state index in [2.05, 4.69) is 72.3 Å². The maximum Gasteiger partial charge on any atom is 0.193 e. The van der Waals surface area contributed by atoms with Crippen molar-refractivity contribution in [2.45, 2.75) is 32.4 Å². The van der Waals surface area contributed by atoms with E-state index in [1.165, 1.54) is 5.56 Å². The van der Waals surface area contributed by atoms with Crippen LogP contribution in [0.5, 0.6) is 0 Å². The largest absolute Gasteiger partial charge is 0.376 e. The number of ether oxygens (including phenoxy) is 1. The van der Waals surface area contributed by atoms with Crippen molar-refractivity contribution in [1.82, 2.24) is 15.1 Å². The summed E-state index contributed by atoms with van der Waals surface area (Å²) in [5.41, 5.74) is 1.33. The number of rotatable bonds is 7. The van der Waals surface area contributed by atoms with Gasteiger partial charge in [-0.2, -0.15) is 0 Å². The van der Waals surface area contributed by atoms with E-state index in [9.17, 15) is 0 Å². The molecule has 1 aromatic carbocycles. The van der Waals surface area contributed by atoms with Gasteiger partial charge in [0.1, 0.15) is 0 Å². The summed E-state index contributed by atoms with van der Waals surface area (Å²) in [6, 6.07) is 10.4. The lowest BCUT2D eigenvalue weighted by atomic mass is 10.0. The van der Waals surface area contributed by atoms with Crippen molar-refractivity contribution in [1.29, 1.82) is 0 Å². The lowest BCUT2D eigenvalue weighted by Crippen LogP contribution is -2.51. The van der Waals surface area contributed by atoms with Crippen LogP contribution in [-0.4, -0.2) is 68.7 Å². The molecule has 1 saturated heterocycles. The second kappa shape index (κ2) is 11.1. The summed E-state index contributed by atoms with van der Waals surface area (Å²) in [6.07, 6.45) is 1.16. The Bertz CT molecular complexity index is 548. The maximum absolute atomic E-state index is 5.92. The molecule has 0 aromatic heterocycles. The highest BCUT2D eigenvalue weighted by molar-refractivity contribution is 14.0. The lowest BCUT2D eigenvalue weighted by molar-refractivity contribution is 0.0906. The predicted octanol–water partition coefficient (Wildman–Crippen LogP) is 3.06. The monoisotopic (exact) mass is 474 g/mol. The van der Waals surface area contributed by atoms with Crippen LogP contribution in [0.4, 0.5) is 0 Å². The van der Waals surface area contributed by atoms with Gasteiger partial charge in [-0.05, 0) is 39.9 Å². The van der Waals surface area contributed by atoms with E-state index in [4.69, 9.17) is 4.74 Å². The molecule has 26 heavy (non-hydrogen) atoms. The molecule has 0 bridgehead atoms. The van der Waals surface area contributed by atoms with Crippen LogP contribution < -0.4 is 5.32 Å². The number of nitrogens with one attached hydrogen (secondary N) is 1. The molecular formula is C20H35IN4O. The first kappa shape index (κ1) is 23.2. The molecule has 0 aliphatic carbocycles. The third-order valence-corrected chi connectivity index (χ3v) is 5.15. The third-order valence-electron chi connectivity index (χ3n) is 5.15. The first-order chi connectivity index (χ1) is 11.9. The number of guanidine groups is 1. The second-order valence-corrected chi connectivity index (χ2v) is 7.71. The minimum Gasteiger partial charge on any atom is -0.376 e. The Balaban J connectivity index is 0.00000338. The number of aliphatic imine (C=N–C) groups is 1. The van der Waals surface area contributed by atoms with Gasteiger partial charge in [0.25, 0.3) is 0 Å². The van der Waals surface area contributed by atoms with Crippen molar-refractivity contribution in [2.75, 3.05) is 47.4 Å². The fourth-order valence-corrected chi connectivity index (χ4v) is 2.86. The molecule has 6 heteroatoms. The summed E-state index contributed by atoms with van der Waals surface area (Å²) < 4.78 is 5.92. The fourth-order valence-electron chi connectivity index (χ4n) is 2.86. The zero-order valence-corrected chi connectivity index (χ0v) is 19.2. The molecule has 148 valence electrons. The molecule has 2 rings (SSSR count). The van der Waals surface area contributed by atoms with Crippen LogP contribution in [0.3, 0.4) is 0 Å². The Morgan fingerprint density at radius 1 is 1.31 bits per heavy atom. The maximum atomic E-state index is 5.92. The van der Waals surface area contributed by atoms with Gasteiger partial charge in [-0.25, -0.2) is 0 Å². The molecule has 1 aromatic rings. The Morgan fingerprint density at radius 3 is 2.62 bits per heavy atom. The van der Waals surface area contributed by atoms with Gasteiger partial charge in [-0.15, -0.1) is 24.0 Å². The average molecular weight is 474 g/mol. The van der Waals surface area contributed by atoms with Crippen molar-refractivity contribution >= 4 is 29.9 Å². The van der Waals surface area contributed by atoms with Crippen LogP contribution in [0.25, 0.3) is 0 Å². The highest BCUT2D eigenvalue weighted by Gasteiger charge is 2.27. The van der Waals surface area contributed by atoms with Crippen molar-refractivity contribution in [3.63, 3.8) is 0 Å². The summed E-state index contributed by atoms with van der Waals surface area (Å²) >= 11 is 0. The van der Waals surface area contributed by atoms with Crippen LogP contribution in [0, 0.1) is 5.92 Å². The lowest BCUT2D eigenvalue weighted by Gasteiger charge is -2.34. The average Bonchev–Trinajstić information content (AvgIpc) is 3.05. The molecule has 1 fully saturated rings. The number of benzene rings is 1. The number of halogens is 1. The molecule has 0 spiro atoms. The Kier molecular flexibility index (Phi) is 9.89. The topological polar surface area (TPSA) is 40.1 Å². The normalized spacial score (nSPS) is 18.2. The smallest absolute Gasteiger partial charge is 0.193 e. The third kappa shape index (κ3) is 7.04. The molecule has 0 saturated carbocycles. The first-order valence-electron chi connectivity index (χ1n) is 9.17. The summed E-state index contributed by atoms with van der Waals surface area (Å²) in [5, 5.41) is 3.53. The molecule has 1 atom stereocenters. The van der Waals surface area contributed by atoms with Gasteiger partial charge >= 0.3 is 0 Å². The molecule has 1 aliphatic heterocycles. The van der Waals surface area contributed by atoms with E-state index >= 15 is 0 Å². The number of likely N-dealkylation sites (tertiary alicyclic amines) is 1. The minimum atomic E-state index is 0. The molecule has 0 radical (unpaired) electrons. The highest BCUT2D eigenvalue weighted by atomic mass is 127. The van der Waals surface area contributed by atoms with Crippen LogP contribution in [0.1, 0.15) is 25.8 Å². The van der Waals surface area contributed by atoms with Crippen LogP contribution in [0.2, 0.25) is 0 Å². The molecule has 5 nitrogen and oxygen atoms in total. The van der Waals surface area contributed by atoms with E-state index in [1.807, 2.05) is 13.1 Å². The number of hydrogen-bond acceptors (Lipinski definition) is 3. The van der Waals surface area contributed by atoms with Gasteiger partial charge in [-0.3, -0.25) is 4.99 Å². The van der Waals surface area contributed by atoms with E-state index in [-0.39, 0.29) is 29.5 Å². The Labute approximate surface area is 176 Å². The number of nitrogens with zero attached hydrogens (tertiary/aromatic N) is 3. The number of likely N-dealkylation sites (N-methyl/N-ethyl adjacent to an activating group) is 1. The molecule has 1 unspecified atom stereocenters. The standard InChI is InChI=1S/C20H34N4O.HI/c1-20(2,23(4)5)16-22-19(21-3)24-12-11-18(13-24)15-25-14-17-9-7-6-8-10-17;/h6-10,18H,11-16H2,1-5H3,(H,21,22);1H. The van der Waals surface area contributed by atoms with Crippen LogP contribution in [0.15, 0.2) is 35.3 Å². The minimum absolute atomic E-state index is 0.